The van der Waals surface area contributed by atoms with Gasteiger partial charge in [0.05, 0.1) is 34.0 Å². The monoisotopic (exact) mass is 346 g/mol. The molecule has 6 heteroatoms. The molecule has 0 aliphatic rings. The van der Waals surface area contributed by atoms with Crippen molar-refractivity contribution in [2.24, 2.45) is 0 Å². The first-order chi connectivity index (χ1) is 12.0. The topological polar surface area (TPSA) is 63.2 Å². The zero-order valence-electron chi connectivity index (χ0n) is 15.0. The fourth-order valence-electron chi connectivity index (χ4n) is 2.33. The van der Waals surface area contributed by atoms with Crippen LogP contribution in [0.4, 0.5) is 0 Å². The van der Waals surface area contributed by atoms with Gasteiger partial charge in [0.25, 0.3) is 0 Å². The molecule has 0 bridgehead atoms. The molecule has 6 nitrogen and oxygen atoms in total. The average molecular weight is 346 g/mol. The second kappa shape index (κ2) is 8.28. The van der Waals surface area contributed by atoms with Crippen LogP contribution in [0.3, 0.4) is 0 Å². The molecule has 2 rings (SSSR count). The predicted molar refractivity (Wildman–Crippen MR) is 92.9 cm³/mol. The zero-order chi connectivity index (χ0) is 18.4. The van der Waals surface area contributed by atoms with Crippen molar-refractivity contribution >= 4 is 5.97 Å². The van der Waals surface area contributed by atoms with Gasteiger partial charge in [0.1, 0.15) is 18.1 Å². The summed E-state index contributed by atoms with van der Waals surface area (Å²) in [6.45, 7) is 2.03. The number of aryl methyl sites for hydroxylation is 1. The molecule has 25 heavy (non-hydrogen) atoms. The van der Waals surface area contributed by atoms with Gasteiger partial charge in [0.2, 0.25) is 0 Å². The van der Waals surface area contributed by atoms with Gasteiger partial charge in [-0.2, -0.15) is 0 Å². The van der Waals surface area contributed by atoms with E-state index in [2.05, 4.69) is 0 Å². The second-order valence-corrected chi connectivity index (χ2v) is 5.31. The lowest BCUT2D eigenvalue weighted by Gasteiger charge is -2.13. The van der Waals surface area contributed by atoms with Crippen LogP contribution in [0.15, 0.2) is 30.3 Å². The largest absolute Gasteiger partial charge is 0.497 e. The van der Waals surface area contributed by atoms with E-state index in [0.29, 0.717) is 28.6 Å². The van der Waals surface area contributed by atoms with Gasteiger partial charge in [-0.05, 0) is 42.3 Å². The Bertz CT molecular complexity index is 732. The standard InChI is InChI=1S/C19H22O6/c1-12-6-17(23-4)18(24-5)9-14(12)11-25-19(20)13-7-15(21-2)10-16(8-13)22-3/h6-10H,11H2,1-5H3. The highest BCUT2D eigenvalue weighted by atomic mass is 16.5. The third-order valence-electron chi connectivity index (χ3n) is 3.79. The summed E-state index contributed by atoms with van der Waals surface area (Å²) in [5.74, 6) is 1.79. The van der Waals surface area contributed by atoms with Crippen molar-refractivity contribution in [3.8, 4) is 23.0 Å². The zero-order valence-corrected chi connectivity index (χ0v) is 15.0. The number of hydrogen-bond acceptors (Lipinski definition) is 6. The Balaban J connectivity index is 2.17. The van der Waals surface area contributed by atoms with Crippen LogP contribution in [0.1, 0.15) is 21.5 Å². The van der Waals surface area contributed by atoms with Gasteiger partial charge in [0.15, 0.2) is 11.5 Å². The van der Waals surface area contributed by atoms with E-state index in [1.807, 2.05) is 13.0 Å². The summed E-state index contributed by atoms with van der Waals surface area (Å²) in [5.41, 5.74) is 2.13. The molecule has 0 saturated carbocycles. The molecule has 134 valence electrons. The minimum absolute atomic E-state index is 0.116. The molecule has 0 saturated heterocycles. The maximum absolute atomic E-state index is 12.4. The minimum atomic E-state index is -0.466. The molecule has 0 unspecified atom stereocenters. The summed E-state index contributed by atoms with van der Waals surface area (Å²) in [4.78, 5) is 12.4. The Labute approximate surface area is 147 Å². The Kier molecular flexibility index (Phi) is 6.11. The molecule has 2 aromatic rings. The SMILES string of the molecule is COc1cc(OC)cc(C(=O)OCc2cc(OC)c(OC)cc2C)c1. The van der Waals surface area contributed by atoms with Gasteiger partial charge in [-0.15, -0.1) is 0 Å². The highest BCUT2D eigenvalue weighted by Gasteiger charge is 2.14. The smallest absolute Gasteiger partial charge is 0.338 e. The third kappa shape index (κ3) is 4.35. The summed E-state index contributed by atoms with van der Waals surface area (Å²) in [6.07, 6.45) is 0. The van der Waals surface area contributed by atoms with Gasteiger partial charge in [0, 0.05) is 6.07 Å². The molecule has 0 amide bonds. The molecule has 0 aromatic heterocycles. The number of benzene rings is 2. The van der Waals surface area contributed by atoms with Crippen molar-refractivity contribution in [2.45, 2.75) is 13.5 Å². The lowest BCUT2D eigenvalue weighted by Crippen LogP contribution is -2.07. The number of carbonyl (C=O) groups excluding carboxylic acids is 1. The molecule has 0 N–H and O–H groups in total. The molecule has 0 fully saturated rings. The van der Waals surface area contributed by atoms with Crippen molar-refractivity contribution in [1.29, 1.82) is 0 Å². The fourth-order valence-corrected chi connectivity index (χ4v) is 2.33. The molecule has 2 aromatic carbocycles. The van der Waals surface area contributed by atoms with Gasteiger partial charge >= 0.3 is 5.97 Å². The summed E-state index contributed by atoms with van der Waals surface area (Å²) < 4.78 is 26.3. The predicted octanol–water partition coefficient (Wildman–Crippen LogP) is 3.39. The lowest BCUT2D eigenvalue weighted by atomic mass is 10.1. The van der Waals surface area contributed by atoms with Gasteiger partial charge < -0.3 is 23.7 Å². The van der Waals surface area contributed by atoms with Crippen molar-refractivity contribution in [2.75, 3.05) is 28.4 Å². The summed E-state index contributed by atoms with van der Waals surface area (Å²) in [6, 6.07) is 8.54. The van der Waals surface area contributed by atoms with Gasteiger partial charge in [-0.1, -0.05) is 0 Å². The summed E-state index contributed by atoms with van der Waals surface area (Å²) >= 11 is 0. The number of carbonyl (C=O) groups is 1. The molecule has 0 heterocycles. The normalized spacial score (nSPS) is 10.1. The van der Waals surface area contributed by atoms with Crippen LogP contribution in [-0.2, 0) is 11.3 Å². The van der Waals surface area contributed by atoms with Crippen LogP contribution >= 0.6 is 0 Å². The molecule has 0 atom stereocenters. The van der Waals surface area contributed by atoms with E-state index in [9.17, 15) is 4.79 Å². The van der Waals surface area contributed by atoms with E-state index in [-0.39, 0.29) is 6.61 Å². The van der Waals surface area contributed by atoms with Crippen molar-refractivity contribution < 1.29 is 28.5 Å². The van der Waals surface area contributed by atoms with E-state index in [1.54, 1.807) is 38.5 Å². The number of ether oxygens (including phenoxy) is 5. The average Bonchev–Trinajstić information content (AvgIpc) is 2.65. The van der Waals surface area contributed by atoms with Crippen LogP contribution < -0.4 is 18.9 Å². The second-order valence-electron chi connectivity index (χ2n) is 5.31. The molecular formula is C19H22O6. The quantitative estimate of drug-likeness (QED) is 0.716. The van der Waals surface area contributed by atoms with Gasteiger partial charge in [-0.3, -0.25) is 0 Å². The van der Waals surface area contributed by atoms with E-state index in [0.717, 1.165) is 11.1 Å². The van der Waals surface area contributed by atoms with Crippen LogP contribution in [0.2, 0.25) is 0 Å². The fraction of sp³-hybridized carbons (Fsp3) is 0.316. The molecule has 0 radical (unpaired) electrons. The highest BCUT2D eigenvalue weighted by Crippen LogP contribution is 2.31. The molecule has 0 aliphatic carbocycles. The number of esters is 1. The van der Waals surface area contributed by atoms with E-state index in [1.165, 1.54) is 14.2 Å². The number of hydrogen-bond donors (Lipinski definition) is 0. The van der Waals surface area contributed by atoms with Crippen molar-refractivity contribution in [3.05, 3.63) is 47.0 Å². The molecule has 0 aliphatic heterocycles. The number of rotatable bonds is 7. The lowest BCUT2D eigenvalue weighted by molar-refractivity contribution is 0.0471. The Morgan fingerprint density at radius 3 is 1.88 bits per heavy atom. The summed E-state index contributed by atoms with van der Waals surface area (Å²) in [5, 5.41) is 0. The van der Waals surface area contributed by atoms with E-state index >= 15 is 0 Å². The first kappa shape index (κ1) is 18.4. The van der Waals surface area contributed by atoms with Crippen LogP contribution in [0.5, 0.6) is 23.0 Å². The van der Waals surface area contributed by atoms with Crippen LogP contribution in [-0.4, -0.2) is 34.4 Å². The Hall–Kier alpha value is -2.89. The van der Waals surface area contributed by atoms with Gasteiger partial charge in [-0.25, -0.2) is 4.79 Å². The first-order valence-corrected chi connectivity index (χ1v) is 7.64. The van der Waals surface area contributed by atoms with E-state index < -0.39 is 5.97 Å². The van der Waals surface area contributed by atoms with Crippen molar-refractivity contribution in [3.63, 3.8) is 0 Å². The number of methoxy groups -OCH3 is 4. The highest BCUT2D eigenvalue weighted by molar-refractivity contribution is 5.90. The van der Waals surface area contributed by atoms with Crippen LogP contribution in [0.25, 0.3) is 0 Å². The van der Waals surface area contributed by atoms with Crippen molar-refractivity contribution in [1.82, 2.24) is 0 Å². The summed E-state index contributed by atoms with van der Waals surface area (Å²) in [7, 11) is 6.19. The third-order valence-corrected chi connectivity index (χ3v) is 3.79. The molecule has 0 spiro atoms. The Morgan fingerprint density at radius 1 is 0.800 bits per heavy atom. The molecular weight excluding hydrogens is 324 g/mol. The maximum Gasteiger partial charge on any atom is 0.338 e. The van der Waals surface area contributed by atoms with E-state index in [4.69, 9.17) is 23.7 Å². The first-order valence-electron chi connectivity index (χ1n) is 7.64. The minimum Gasteiger partial charge on any atom is -0.497 e. The maximum atomic E-state index is 12.4. The Morgan fingerprint density at radius 2 is 1.36 bits per heavy atom. The van der Waals surface area contributed by atoms with Crippen LogP contribution in [0, 0.1) is 6.92 Å².